The molecule has 128 valence electrons. The summed E-state index contributed by atoms with van der Waals surface area (Å²) in [6, 6.07) is 15.2. The zero-order chi connectivity index (χ0) is 17.8. The highest BCUT2D eigenvalue weighted by molar-refractivity contribution is 6.00. The van der Waals surface area contributed by atoms with Crippen molar-refractivity contribution < 1.29 is 14.3 Å². The van der Waals surface area contributed by atoms with Gasteiger partial charge < -0.3 is 9.72 Å². The van der Waals surface area contributed by atoms with Crippen molar-refractivity contribution in [3.63, 3.8) is 0 Å². The second kappa shape index (κ2) is 7.34. The molecule has 2 aromatic carbocycles. The van der Waals surface area contributed by atoms with Crippen LogP contribution in [0.25, 0.3) is 10.9 Å². The molecule has 25 heavy (non-hydrogen) atoms. The van der Waals surface area contributed by atoms with Gasteiger partial charge in [0.1, 0.15) is 0 Å². The van der Waals surface area contributed by atoms with Gasteiger partial charge in [0, 0.05) is 29.1 Å². The lowest BCUT2D eigenvalue weighted by Gasteiger charge is -2.12. The third-order valence-corrected chi connectivity index (χ3v) is 4.29. The average Bonchev–Trinajstić information content (AvgIpc) is 3.03. The minimum absolute atomic E-state index is 0.180. The van der Waals surface area contributed by atoms with Gasteiger partial charge in [-0.3, -0.25) is 9.59 Å². The lowest BCUT2D eigenvalue weighted by atomic mass is 10.1. The predicted octanol–water partition coefficient (Wildman–Crippen LogP) is 4.22. The fourth-order valence-electron chi connectivity index (χ4n) is 2.84. The Kier molecular flexibility index (Phi) is 4.98. The van der Waals surface area contributed by atoms with Crippen LogP contribution in [0.4, 0.5) is 0 Å². The maximum atomic E-state index is 12.3. The number of hydrogen-bond donors (Lipinski definition) is 1. The van der Waals surface area contributed by atoms with E-state index in [1.807, 2.05) is 49.5 Å². The van der Waals surface area contributed by atoms with Crippen LogP contribution in [-0.4, -0.2) is 22.8 Å². The first-order valence-corrected chi connectivity index (χ1v) is 8.40. The molecule has 3 rings (SSSR count). The summed E-state index contributed by atoms with van der Waals surface area (Å²) in [5.41, 5.74) is 3.77. The van der Waals surface area contributed by atoms with Crippen molar-refractivity contribution >= 4 is 22.7 Å². The molecule has 0 fully saturated rings. The summed E-state index contributed by atoms with van der Waals surface area (Å²) >= 11 is 0. The Bertz CT molecular complexity index is 893. The van der Waals surface area contributed by atoms with Crippen molar-refractivity contribution in [1.82, 2.24) is 4.98 Å². The van der Waals surface area contributed by atoms with Gasteiger partial charge in [0.15, 0.2) is 6.10 Å². The maximum Gasteiger partial charge on any atom is 0.306 e. The molecule has 0 aliphatic carbocycles. The van der Waals surface area contributed by atoms with Crippen LogP contribution in [0.15, 0.2) is 54.7 Å². The number of carbonyl (C=O) groups is 2. The number of esters is 1. The number of Topliss-reactive ketones (excluding diaryl/α,β-unsaturated/α-hetero) is 1. The van der Waals surface area contributed by atoms with Crippen LogP contribution in [0.1, 0.15) is 34.8 Å². The quantitative estimate of drug-likeness (QED) is 0.542. The Hall–Kier alpha value is -2.88. The summed E-state index contributed by atoms with van der Waals surface area (Å²) < 4.78 is 5.31. The molecule has 3 aromatic rings. The van der Waals surface area contributed by atoms with Crippen LogP contribution >= 0.6 is 0 Å². The number of aromatic nitrogens is 1. The summed E-state index contributed by atoms with van der Waals surface area (Å²) in [5.74, 6) is -0.543. The van der Waals surface area contributed by atoms with Gasteiger partial charge in [-0.25, -0.2) is 0 Å². The van der Waals surface area contributed by atoms with Crippen LogP contribution in [0.5, 0.6) is 0 Å². The second-order valence-electron chi connectivity index (χ2n) is 6.22. The van der Waals surface area contributed by atoms with E-state index >= 15 is 0 Å². The van der Waals surface area contributed by atoms with Gasteiger partial charge in [0.25, 0.3) is 0 Å². The van der Waals surface area contributed by atoms with Gasteiger partial charge in [-0.2, -0.15) is 0 Å². The smallest absolute Gasteiger partial charge is 0.306 e. The molecular formula is C21H21NO3. The summed E-state index contributed by atoms with van der Waals surface area (Å²) in [4.78, 5) is 27.6. The molecule has 1 atom stereocenters. The fraction of sp³-hybridized carbons (Fsp3) is 0.238. The molecule has 1 aromatic heterocycles. The third kappa shape index (κ3) is 3.97. The highest BCUT2D eigenvalue weighted by Crippen LogP contribution is 2.19. The summed E-state index contributed by atoms with van der Waals surface area (Å²) in [5, 5.41) is 1.11. The number of aromatic amines is 1. The van der Waals surface area contributed by atoms with Crippen LogP contribution < -0.4 is 0 Å². The molecule has 4 nitrogen and oxygen atoms in total. The number of hydrogen-bond acceptors (Lipinski definition) is 3. The number of nitrogens with one attached hydrogen (secondary N) is 1. The standard InChI is InChI=1S/C21H21NO3/c1-14-7-9-16(10-8-14)21(24)15(2)25-20(23)12-11-17-13-22-19-6-4-3-5-18(17)19/h3-10,13,15,22H,11-12H2,1-2H3/t15-/m1/s1. The summed E-state index contributed by atoms with van der Waals surface area (Å²) in [6.45, 7) is 3.58. The number of carbonyl (C=O) groups excluding carboxylic acids is 2. The predicted molar refractivity (Wildman–Crippen MR) is 97.7 cm³/mol. The van der Waals surface area contributed by atoms with E-state index in [2.05, 4.69) is 4.98 Å². The van der Waals surface area contributed by atoms with Gasteiger partial charge in [-0.1, -0.05) is 48.0 Å². The lowest BCUT2D eigenvalue weighted by molar-refractivity contribution is -0.146. The number of para-hydroxylation sites is 1. The monoisotopic (exact) mass is 335 g/mol. The van der Waals surface area contributed by atoms with Crippen LogP contribution in [0.2, 0.25) is 0 Å². The Labute approximate surface area is 146 Å². The van der Waals surface area contributed by atoms with E-state index in [1.165, 1.54) is 0 Å². The Morgan fingerprint density at radius 3 is 2.56 bits per heavy atom. The largest absolute Gasteiger partial charge is 0.454 e. The number of aryl methyl sites for hydroxylation is 2. The van der Waals surface area contributed by atoms with Crippen LogP contribution in [0, 0.1) is 6.92 Å². The van der Waals surface area contributed by atoms with E-state index in [0.29, 0.717) is 12.0 Å². The van der Waals surface area contributed by atoms with Crippen LogP contribution in [-0.2, 0) is 16.0 Å². The van der Waals surface area contributed by atoms with Crippen molar-refractivity contribution in [3.05, 3.63) is 71.4 Å². The number of ether oxygens (including phenoxy) is 1. The summed E-state index contributed by atoms with van der Waals surface area (Å²) in [7, 11) is 0. The molecule has 0 aliphatic heterocycles. The molecule has 1 heterocycles. The summed E-state index contributed by atoms with van der Waals surface area (Å²) in [6.07, 6.45) is 1.96. The highest BCUT2D eigenvalue weighted by atomic mass is 16.5. The van der Waals surface area contributed by atoms with Gasteiger partial charge >= 0.3 is 5.97 Å². The molecule has 1 N–H and O–H groups in total. The van der Waals surface area contributed by atoms with Crippen molar-refractivity contribution in [2.75, 3.05) is 0 Å². The van der Waals surface area contributed by atoms with E-state index < -0.39 is 6.10 Å². The minimum atomic E-state index is -0.779. The normalized spacial score (nSPS) is 12.1. The van der Waals surface area contributed by atoms with E-state index in [0.717, 1.165) is 22.0 Å². The van der Waals surface area contributed by atoms with Crippen molar-refractivity contribution in [1.29, 1.82) is 0 Å². The minimum Gasteiger partial charge on any atom is -0.454 e. The Balaban J connectivity index is 1.56. The molecule has 0 spiro atoms. The topological polar surface area (TPSA) is 59.2 Å². The number of fused-ring (bicyclic) bond motifs is 1. The van der Waals surface area contributed by atoms with Gasteiger partial charge in [0.2, 0.25) is 5.78 Å². The van der Waals surface area contributed by atoms with Gasteiger partial charge in [-0.05, 0) is 31.9 Å². The van der Waals surface area contributed by atoms with Gasteiger partial charge in [0.05, 0.1) is 0 Å². The molecule has 0 unspecified atom stereocenters. The Morgan fingerprint density at radius 1 is 1.08 bits per heavy atom. The second-order valence-corrected chi connectivity index (χ2v) is 6.22. The number of H-pyrrole nitrogens is 1. The number of benzene rings is 2. The SMILES string of the molecule is Cc1ccc(C(=O)[C@@H](C)OC(=O)CCc2c[nH]c3ccccc23)cc1. The van der Waals surface area contributed by atoms with Gasteiger partial charge in [-0.15, -0.1) is 0 Å². The molecule has 0 saturated carbocycles. The molecule has 0 radical (unpaired) electrons. The molecule has 0 saturated heterocycles. The van der Waals surface area contributed by atoms with Crippen LogP contribution in [0.3, 0.4) is 0 Å². The third-order valence-electron chi connectivity index (χ3n) is 4.29. The van der Waals surface area contributed by atoms with E-state index in [4.69, 9.17) is 4.74 Å². The van der Waals surface area contributed by atoms with E-state index in [1.54, 1.807) is 19.1 Å². The van der Waals surface area contributed by atoms with E-state index in [-0.39, 0.29) is 18.2 Å². The number of rotatable bonds is 6. The molecular weight excluding hydrogens is 314 g/mol. The Morgan fingerprint density at radius 2 is 1.80 bits per heavy atom. The first kappa shape index (κ1) is 17.0. The van der Waals surface area contributed by atoms with Crippen molar-refractivity contribution in [2.24, 2.45) is 0 Å². The molecule has 0 amide bonds. The number of ketones is 1. The zero-order valence-corrected chi connectivity index (χ0v) is 14.4. The zero-order valence-electron chi connectivity index (χ0n) is 14.4. The molecule has 0 bridgehead atoms. The molecule has 4 heteroatoms. The van der Waals surface area contributed by atoms with Crippen molar-refractivity contribution in [2.45, 2.75) is 32.8 Å². The van der Waals surface area contributed by atoms with Crippen molar-refractivity contribution in [3.8, 4) is 0 Å². The van der Waals surface area contributed by atoms with E-state index in [9.17, 15) is 9.59 Å². The fourth-order valence-corrected chi connectivity index (χ4v) is 2.84. The maximum absolute atomic E-state index is 12.3. The lowest BCUT2D eigenvalue weighted by Crippen LogP contribution is -2.24. The highest BCUT2D eigenvalue weighted by Gasteiger charge is 2.19. The first-order chi connectivity index (χ1) is 12.0. The average molecular weight is 335 g/mol. The first-order valence-electron chi connectivity index (χ1n) is 8.40. The molecule has 0 aliphatic rings.